The maximum atomic E-state index is 13.5. The van der Waals surface area contributed by atoms with Crippen molar-refractivity contribution < 1.29 is 9.18 Å². The minimum atomic E-state index is -0.602. The largest absolute Gasteiger partial charge is 0.346 e. The number of para-hydroxylation sites is 1. The molecule has 0 unspecified atom stereocenters. The van der Waals surface area contributed by atoms with E-state index in [9.17, 15) is 14.0 Å². The van der Waals surface area contributed by atoms with Crippen LogP contribution in [0.2, 0.25) is 0 Å². The normalized spacial score (nSPS) is 10.6. The highest BCUT2D eigenvalue weighted by molar-refractivity contribution is 6.04. The lowest BCUT2D eigenvalue weighted by molar-refractivity contribution is 0.0947. The summed E-state index contributed by atoms with van der Waals surface area (Å²) >= 11 is 0. The topological polar surface area (TPSA) is 74.8 Å². The molecule has 0 saturated carbocycles. The van der Waals surface area contributed by atoms with Crippen molar-refractivity contribution in [1.29, 1.82) is 0 Å². The lowest BCUT2D eigenvalue weighted by Gasteiger charge is -2.07. The van der Waals surface area contributed by atoms with Crippen LogP contribution in [-0.4, -0.2) is 15.9 Å². The first-order valence-corrected chi connectivity index (χ1v) is 6.66. The number of hydrogen-bond donors (Lipinski definition) is 2. The number of carbonyl (C=O) groups is 1. The Morgan fingerprint density at radius 1 is 1.14 bits per heavy atom. The fourth-order valence-electron chi connectivity index (χ4n) is 2.18. The molecule has 0 atom stereocenters. The standard InChI is InChI=1S/C16H12FN3O2/c17-12-7-3-1-5-10(12)9-18-15(21)14-11-6-2-4-8-13(11)19-16(22)20-14/h1-8H,9H2,(H,18,21)(H,19,20,22). The van der Waals surface area contributed by atoms with Gasteiger partial charge < -0.3 is 10.3 Å². The van der Waals surface area contributed by atoms with Crippen molar-refractivity contribution in [2.75, 3.05) is 0 Å². The number of fused-ring (bicyclic) bond motifs is 1. The molecule has 2 aromatic carbocycles. The maximum Gasteiger partial charge on any atom is 0.346 e. The minimum Gasteiger partial charge on any atom is -0.346 e. The summed E-state index contributed by atoms with van der Waals surface area (Å²) < 4.78 is 13.5. The summed E-state index contributed by atoms with van der Waals surface area (Å²) in [6.45, 7) is 0.0221. The van der Waals surface area contributed by atoms with Crippen LogP contribution in [0.15, 0.2) is 53.3 Å². The molecule has 0 bridgehead atoms. The van der Waals surface area contributed by atoms with Crippen molar-refractivity contribution in [1.82, 2.24) is 15.3 Å². The number of carbonyl (C=O) groups excluding carboxylic acids is 1. The van der Waals surface area contributed by atoms with Crippen LogP contribution < -0.4 is 11.0 Å². The van der Waals surface area contributed by atoms with Crippen molar-refractivity contribution in [2.24, 2.45) is 0 Å². The van der Waals surface area contributed by atoms with Crippen molar-refractivity contribution in [3.8, 4) is 0 Å². The van der Waals surface area contributed by atoms with Crippen LogP contribution >= 0.6 is 0 Å². The molecule has 0 saturated heterocycles. The van der Waals surface area contributed by atoms with E-state index >= 15 is 0 Å². The smallest absolute Gasteiger partial charge is 0.346 e. The molecule has 110 valence electrons. The average molecular weight is 297 g/mol. The molecular weight excluding hydrogens is 285 g/mol. The highest BCUT2D eigenvalue weighted by Crippen LogP contribution is 2.13. The summed E-state index contributed by atoms with van der Waals surface area (Å²) in [5.74, 6) is -0.919. The van der Waals surface area contributed by atoms with E-state index in [1.54, 1.807) is 42.5 Å². The first kappa shape index (κ1) is 13.9. The maximum absolute atomic E-state index is 13.5. The molecule has 0 fully saturated rings. The lowest BCUT2D eigenvalue weighted by atomic mass is 10.1. The van der Waals surface area contributed by atoms with Gasteiger partial charge in [-0.3, -0.25) is 4.79 Å². The van der Waals surface area contributed by atoms with Gasteiger partial charge in [-0.05, 0) is 12.1 Å². The predicted octanol–water partition coefficient (Wildman–Crippen LogP) is 1.99. The van der Waals surface area contributed by atoms with Crippen LogP contribution in [-0.2, 0) is 6.54 Å². The highest BCUT2D eigenvalue weighted by atomic mass is 19.1. The first-order valence-electron chi connectivity index (χ1n) is 6.66. The number of H-pyrrole nitrogens is 1. The Kier molecular flexibility index (Phi) is 3.65. The number of aromatic amines is 1. The molecule has 1 amide bonds. The number of hydrogen-bond acceptors (Lipinski definition) is 3. The van der Waals surface area contributed by atoms with Gasteiger partial charge in [-0.15, -0.1) is 0 Å². The van der Waals surface area contributed by atoms with Crippen LogP contribution in [0.1, 0.15) is 16.1 Å². The summed E-state index contributed by atoms with van der Waals surface area (Å²) in [7, 11) is 0. The molecule has 1 heterocycles. The van der Waals surface area contributed by atoms with Gasteiger partial charge in [0.05, 0.1) is 5.52 Å². The third kappa shape index (κ3) is 2.71. The summed E-state index contributed by atoms with van der Waals surface area (Å²) in [5, 5.41) is 3.12. The van der Waals surface area contributed by atoms with Crippen molar-refractivity contribution in [3.63, 3.8) is 0 Å². The zero-order chi connectivity index (χ0) is 15.5. The number of benzene rings is 2. The molecule has 6 heteroatoms. The molecule has 3 aromatic rings. The lowest BCUT2D eigenvalue weighted by Crippen LogP contribution is -2.27. The Hall–Kier alpha value is -3.02. The second-order valence-electron chi connectivity index (χ2n) is 4.71. The van der Waals surface area contributed by atoms with E-state index in [0.717, 1.165) is 0 Å². The van der Waals surface area contributed by atoms with Crippen LogP contribution in [0.5, 0.6) is 0 Å². The van der Waals surface area contributed by atoms with Gasteiger partial charge in [0.25, 0.3) is 5.91 Å². The van der Waals surface area contributed by atoms with Crippen molar-refractivity contribution in [3.05, 3.63) is 76.1 Å². The van der Waals surface area contributed by atoms with Gasteiger partial charge in [-0.1, -0.05) is 36.4 Å². The van der Waals surface area contributed by atoms with Gasteiger partial charge in [-0.25, -0.2) is 9.18 Å². The Bertz CT molecular complexity index is 905. The van der Waals surface area contributed by atoms with Gasteiger partial charge in [-0.2, -0.15) is 4.98 Å². The number of aromatic nitrogens is 2. The van der Waals surface area contributed by atoms with Crippen LogP contribution in [0.3, 0.4) is 0 Å². The molecule has 0 spiro atoms. The summed E-state index contributed by atoms with van der Waals surface area (Å²) in [6.07, 6.45) is 0. The van der Waals surface area contributed by atoms with Crippen LogP contribution in [0, 0.1) is 5.82 Å². The average Bonchev–Trinajstić information content (AvgIpc) is 2.53. The minimum absolute atomic E-state index is 0.0221. The van der Waals surface area contributed by atoms with E-state index < -0.39 is 17.4 Å². The fourth-order valence-corrected chi connectivity index (χ4v) is 2.18. The zero-order valence-corrected chi connectivity index (χ0v) is 11.5. The summed E-state index contributed by atoms with van der Waals surface area (Å²) in [4.78, 5) is 30.1. The third-order valence-corrected chi connectivity index (χ3v) is 3.25. The van der Waals surface area contributed by atoms with Gasteiger partial charge >= 0.3 is 5.69 Å². The number of nitrogens with one attached hydrogen (secondary N) is 2. The van der Waals surface area contributed by atoms with E-state index in [0.29, 0.717) is 16.5 Å². The molecule has 3 rings (SSSR count). The predicted molar refractivity (Wildman–Crippen MR) is 79.9 cm³/mol. The number of halogens is 1. The van der Waals surface area contributed by atoms with E-state index in [4.69, 9.17) is 0 Å². The molecule has 22 heavy (non-hydrogen) atoms. The van der Waals surface area contributed by atoms with Crippen molar-refractivity contribution >= 4 is 16.8 Å². The van der Waals surface area contributed by atoms with E-state index in [-0.39, 0.29) is 12.2 Å². The molecule has 2 N–H and O–H groups in total. The number of amides is 1. The van der Waals surface area contributed by atoms with Gasteiger partial charge in [0, 0.05) is 17.5 Å². The Morgan fingerprint density at radius 3 is 2.68 bits per heavy atom. The fraction of sp³-hybridized carbons (Fsp3) is 0.0625. The first-order chi connectivity index (χ1) is 10.6. The van der Waals surface area contributed by atoms with E-state index in [2.05, 4.69) is 15.3 Å². The highest BCUT2D eigenvalue weighted by Gasteiger charge is 2.13. The van der Waals surface area contributed by atoms with Crippen molar-refractivity contribution in [2.45, 2.75) is 6.54 Å². The monoisotopic (exact) mass is 297 g/mol. The molecule has 0 aliphatic rings. The quantitative estimate of drug-likeness (QED) is 0.776. The molecule has 0 aliphatic carbocycles. The van der Waals surface area contributed by atoms with E-state index in [1.165, 1.54) is 6.07 Å². The van der Waals surface area contributed by atoms with Gasteiger partial charge in [0.15, 0.2) is 0 Å². The second kappa shape index (κ2) is 5.77. The molecular formula is C16H12FN3O2. The van der Waals surface area contributed by atoms with Gasteiger partial charge in [0.1, 0.15) is 11.5 Å². The third-order valence-electron chi connectivity index (χ3n) is 3.25. The van der Waals surface area contributed by atoms with Gasteiger partial charge in [0.2, 0.25) is 0 Å². The molecule has 0 radical (unpaired) electrons. The molecule has 1 aromatic heterocycles. The SMILES string of the molecule is O=C(NCc1ccccc1F)c1nc(=O)[nH]c2ccccc12. The Morgan fingerprint density at radius 2 is 1.86 bits per heavy atom. The molecule has 0 aliphatic heterocycles. The van der Waals surface area contributed by atoms with E-state index in [1.807, 2.05) is 0 Å². The Balaban J connectivity index is 1.90. The number of rotatable bonds is 3. The second-order valence-corrected chi connectivity index (χ2v) is 4.71. The van der Waals surface area contributed by atoms with Crippen LogP contribution in [0.25, 0.3) is 10.9 Å². The Labute approximate surface area is 124 Å². The number of nitrogens with zero attached hydrogens (tertiary/aromatic N) is 1. The zero-order valence-electron chi connectivity index (χ0n) is 11.5. The van der Waals surface area contributed by atoms with Crippen LogP contribution in [0.4, 0.5) is 4.39 Å². The summed E-state index contributed by atoms with van der Waals surface area (Å²) in [6, 6.07) is 13.0. The molecule has 5 nitrogen and oxygen atoms in total. The summed E-state index contributed by atoms with van der Waals surface area (Å²) in [5.41, 5.74) is 0.314.